The number of halogens is 1. The largest absolute Gasteiger partial charge is 0.481 e. The van der Waals surface area contributed by atoms with E-state index in [4.69, 9.17) is 10.2 Å². The van der Waals surface area contributed by atoms with E-state index in [0.717, 1.165) is 61.5 Å². The van der Waals surface area contributed by atoms with Gasteiger partial charge in [0.2, 0.25) is 0 Å². The van der Waals surface area contributed by atoms with Gasteiger partial charge >= 0.3 is 5.97 Å². The number of hydrogen-bond acceptors (Lipinski definition) is 5. The van der Waals surface area contributed by atoms with E-state index in [1.807, 2.05) is 18.3 Å². The van der Waals surface area contributed by atoms with Crippen LogP contribution in [-0.4, -0.2) is 50.3 Å². The molecule has 0 spiro atoms. The van der Waals surface area contributed by atoms with Crippen LogP contribution < -0.4 is 4.90 Å². The molecule has 8 heteroatoms. The fourth-order valence-electron chi connectivity index (χ4n) is 4.55. The van der Waals surface area contributed by atoms with Gasteiger partial charge in [0, 0.05) is 31.3 Å². The molecule has 33 heavy (non-hydrogen) atoms. The average Bonchev–Trinajstić information content (AvgIpc) is 3.25. The van der Waals surface area contributed by atoms with Crippen LogP contribution in [0.15, 0.2) is 36.5 Å². The van der Waals surface area contributed by atoms with Crippen molar-refractivity contribution in [2.75, 3.05) is 18.0 Å². The molecule has 2 aromatic heterocycles. The molecular formula is C25H31FN4O3. The van der Waals surface area contributed by atoms with Gasteiger partial charge in [0.1, 0.15) is 17.5 Å². The van der Waals surface area contributed by atoms with E-state index in [2.05, 4.69) is 19.9 Å². The number of rotatable bonds is 4. The van der Waals surface area contributed by atoms with Gasteiger partial charge in [0.05, 0.1) is 17.1 Å². The maximum Gasteiger partial charge on any atom is 0.303 e. The van der Waals surface area contributed by atoms with Gasteiger partial charge in [-0.25, -0.2) is 14.4 Å². The van der Waals surface area contributed by atoms with Gasteiger partial charge in [-0.2, -0.15) is 0 Å². The Labute approximate surface area is 192 Å². The van der Waals surface area contributed by atoms with Crippen molar-refractivity contribution in [2.45, 2.75) is 57.5 Å². The minimum atomic E-state index is -0.716. The number of nitrogens with zero attached hydrogens (tertiary/aromatic N) is 3. The monoisotopic (exact) mass is 454 g/mol. The number of anilines is 1. The summed E-state index contributed by atoms with van der Waals surface area (Å²) in [7, 11) is 0. The third-order valence-corrected chi connectivity index (χ3v) is 6.42. The Bertz CT molecular complexity index is 1060. The summed E-state index contributed by atoms with van der Waals surface area (Å²) in [4.78, 5) is 24.8. The number of aromatic nitrogens is 3. The first-order valence-electron chi connectivity index (χ1n) is 11.7. The molecule has 2 fully saturated rings. The summed E-state index contributed by atoms with van der Waals surface area (Å²) in [6.45, 7) is 2.16. The van der Waals surface area contributed by atoms with Crippen molar-refractivity contribution in [1.82, 2.24) is 15.0 Å². The predicted molar refractivity (Wildman–Crippen MR) is 126 cm³/mol. The number of nitrogens with one attached hydrogen (secondary N) is 1. The third kappa shape index (κ3) is 6.28. The molecule has 3 N–H and O–H groups in total. The number of imidazole rings is 1. The van der Waals surface area contributed by atoms with Gasteiger partial charge < -0.3 is 20.1 Å². The van der Waals surface area contributed by atoms with Crippen molar-refractivity contribution in [3.05, 3.63) is 42.3 Å². The highest BCUT2D eigenvalue weighted by Gasteiger charge is 2.21. The number of carbonyl (C=O) groups is 1. The number of carboxylic acids is 1. The topological polar surface area (TPSA) is 102 Å². The standard InChI is InChI=1S/C17H17FN4.C8H14O3/c18-13-5-6-14-15(10-13)21-17(20-14)12-4-7-16(19-11-12)22-8-2-1-3-9-22;9-7-3-1-6(2-4-7)5-8(10)11/h4-7,10-11H,1-3,8-9H2,(H,20,21);6-7,9H,1-5H2,(H,10,11). The van der Waals surface area contributed by atoms with Crippen LogP contribution in [-0.2, 0) is 4.79 Å². The highest BCUT2D eigenvalue weighted by Crippen LogP contribution is 2.26. The number of pyridine rings is 1. The number of aromatic amines is 1. The van der Waals surface area contributed by atoms with Gasteiger partial charge in [-0.05, 0) is 81.2 Å². The second kappa shape index (κ2) is 10.7. The Balaban J connectivity index is 0.000000200. The molecule has 0 atom stereocenters. The molecule has 0 radical (unpaired) electrons. The lowest BCUT2D eigenvalue weighted by molar-refractivity contribution is -0.138. The van der Waals surface area contributed by atoms with Crippen molar-refractivity contribution in [3.8, 4) is 11.4 Å². The van der Waals surface area contributed by atoms with Crippen molar-refractivity contribution < 1.29 is 19.4 Å². The number of aliphatic carboxylic acids is 1. The first-order chi connectivity index (χ1) is 16.0. The zero-order valence-electron chi connectivity index (χ0n) is 18.7. The molecule has 1 saturated carbocycles. The van der Waals surface area contributed by atoms with Crippen LogP contribution in [0.1, 0.15) is 51.4 Å². The minimum absolute atomic E-state index is 0.181. The van der Waals surface area contributed by atoms with Crippen LogP contribution in [0.25, 0.3) is 22.4 Å². The van der Waals surface area contributed by atoms with Crippen LogP contribution in [0.2, 0.25) is 0 Å². The van der Waals surface area contributed by atoms with E-state index in [1.165, 1.54) is 31.4 Å². The number of H-pyrrole nitrogens is 1. The number of hydrogen-bond donors (Lipinski definition) is 3. The summed E-state index contributed by atoms with van der Waals surface area (Å²) in [5.74, 6) is 1.06. The third-order valence-electron chi connectivity index (χ3n) is 6.42. The predicted octanol–water partition coefficient (Wildman–Crippen LogP) is 4.77. The summed E-state index contributed by atoms with van der Waals surface area (Å²) in [5, 5.41) is 17.6. The molecule has 1 aromatic carbocycles. The smallest absolute Gasteiger partial charge is 0.303 e. The molecule has 1 aliphatic heterocycles. The van der Waals surface area contributed by atoms with Crippen LogP contribution in [0.3, 0.4) is 0 Å². The van der Waals surface area contributed by atoms with Gasteiger partial charge in [0.25, 0.3) is 0 Å². The van der Waals surface area contributed by atoms with E-state index < -0.39 is 5.97 Å². The van der Waals surface area contributed by atoms with Crippen LogP contribution in [0, 0.1) is 11.7 Å². The van der Waals surface area contributed by atoms with Crippen molar-refractivity contribution in [1.29, 1.82) is 0 Å². The number of carboxylic acid groups (broad SMARTS) is 1. The molecule has 1 aliphatic carbocycles. The Morgan fingerprint density at radius 1 is 1.09 bits per heavy atom. The fourth-order valence-corrected chi connectivity index (χ4v) is 4.55. The first-order valence-corrected chi connectivity index (χ1v) is 11.7. The maximum atomic E-state index is 13.2. The second-order valence-corrected chi connectivity index (χ2v) is 8.97. The second-order valence-electron chi connectivity index (χ2n) is 8.97. The summed E-state index contributed by atoms with van der Waals surface area (Å²) in [6, 6.07) is 8.62. The normalized spacial score (nSPS) is 20.8. The Morgan fingerprint density at radius 2 is 1.85 bits per heavy atom. The Kier molecular flexibility index (Phi) is 7.54. The van der Waals surface area contributed by atoms with Crippen LogP contribution in [0.5, 0.6) is 0 Å². The molecule has 0 bridgehead atoms. The van der Waals surface area contributed by atoms with E-state index in [0.29, 0.717) is 11.4 Å². The van der Waals surface area contributed by atoms with E-state index >= 15 is 0 Å². The molecule has 2 aliphatic rings. The highest BCUT2D eigenvalue weighted by molar-refractivity contribution is 5.79. The molecule has 3 aromatic rings. The average molecular weight is 455 g/mol. The van der Waals surface area contributed by atoms with Gasteiger partial charge in [0.15, 0.2) is 0 Å². The number of benzene rings is 1. The molecule has 0 amide bonds. The van der Waals surface area contributed by atoms with Crippen LogP contribution in [0.4, 0.5) is 10.2 Å². The van der Waals surface area contributed by atoms with Crippen LogP contribution >= 0.6 is 0 Å². The molecular weight excluding hydrogens is 423 g/mol. The zero-order valence-corrected chi connectivity index (χ0v) is 18.7. The van der Waals surface area contributed by atoms with Gasteiger partial charge in [-0.1, -0.05) is 0 Å². The van der Waals surface area contributed by atoms with Crippen molar-refractivity contribution in [2.24, 2.45) is 5.92 Å². The molecule has 3 heterocycles. The number of aliphatic hydroxyl groups excluding tert-OH is 1. The summed E-state index contributed by atoms with van der Waals surface area (Å²) >= 11 is 0. The lowest BCUT2D eigenvalue weighted by Gasteiger charge is -2.27. The summed E-state index contributed by atoms with van der Waals surface area (Å²) < 4.78 is 13.2. The highest BCUT2D eigenvalue weighted by atomic mass is 19.1. The Hall–Kier alpha value is -3.00. The zero-order chi connectivity index (χ0) is 23.2. The first kappa shape index (κ1) is 23.2. The maximum absolute atomic E-state index is 13.2. The molecule has 1 saturated heterocycles. The summed E-state index contributed by atoms with van der Waals surface area (Å²) in [5.41, 5.74) is 2.38. The number of fused-ring (bicyclic) bond motifs is 1. The van der Waals surface area contributed by atoms with Crippen molar-refractivity contribution in [3.63, 3.8) is 0 Å². The number of piperidine rings is 1. The lowest BCUT2D eigenvalue weighted by atomic mass is 9.85. The van der Waals surface area contributed by atoms with Gasteiger partial charge in [-0.15, -0.1) is 0 Å². The SMILES string of the molecule is Fc1ccc2nc(-c3ccc(N4CCCCC4)nc3)[nH]c2c1.O=C(O)CC1CCC(O)CC1. The Morgan fingerprint density at radius 3 is 2.52 bits per heavy atom. The van der Waals surface area contributed by atoms with E-state index in [1.54, 1.807) is 6.07 Å². The summed E-state index contributed by atoms with van der Waals surface area (Å²) in [6.07, 6.45) is 8.99. The van der Waals surface area contributed by atoms with E-state index in [-0.39, 0.29) is 18.3 Å². The van der Waals surface area contributed by atoms with Gasteiger partial charge in [-0.3, -0.25) is 4.79 Å². The quantitative estimate of drug-likeness (QED) is 0.525. The molecule has 7 nitrogen and oxygen atoms in total. The molecule has 0 unspecified atom stereocenters. The van der Waals surface area contributed by atoms with E-state index in [9.17, 15) is 9.18 Å². The fraction of sp³-hybridized carbons (Fsp3) is 0.480. The molecule has 5 rings (SSSR count). The number of aliphatic hydroxyl groups is 1. The molecule has 176 valence electrons. The lowest BCUT2D eigenvalue weighted by Crippen LogP contribution is -2.29. The minimum Gasteiger partial charge on any atom is -0.481 e. The van der Waals surface area contributed by atoms with Crippen molar-refractivity contribution >= 4 is 22.8 Å².